The van der Waals surface area contributed by atoms with Gasteiger partial charge in [-0.25, -0.2) is 0 Å². The van der Waals surface area contributed by atoms with Gasteiger partial charge in [0.05, 0.1) is 12.1 Å². The smallest absolute Gasteiger partial charge is 0.137 e. The van der Waals surface area contributed by atoms with Gasteiger partial charge in [0.1, 0.15) is 5.75 Å². The Hall–Kier alpha value is -0.380. The predicted octanol–water partition coefficient (Wildman–Crippen LogP) is 4.39. The molecule has 0 radical (unpaired) electrons. The maximum Gasteiger partial charge on any atom is 0.137 e. The van der Waals surface area contributed by atoms with Crippen LogP contribution in [0.1, 0.15) is 32.4 Å². The summed E-state index contributed by atoms with van der Waals surface area (Å²) in [4.78, 5) is 0. The largest absolute Gasteiger partial charge is 0.495 e. The third-order valence-electron chi connectivity index (χ3n) is 2.76. The zero-order chi connectivity index (χ0) is 14.3. The van der Waals surface area contributed by atoms with E-state index in [1.165, 1.54) is 11.3 Å². The molecule has 0 aliphatic carbocycles. The van der Waals surface area contributed by atoms with Crippen molar-refractivity contribution >= 4 is 23.4 Å². The van der Waals surface area contributed by atoms with E-state index in [2.05, 4.69) is 32.2 Å². The molecule has 1 unspecified atom stereocenters. The van der Waals surface area contributed by atoms with Gasteiger partial charge in [-0.2, -0.15) is 11.8 Å². The molecular formula is C15H24ClNOS. The van der Waals surface area contributed by atoms with Crippen molar-refractivity contribution in [3.8, 4) is 5.75 Å². The molecular weight excluding hydrogens is 278 g/mol. The van der Waals surface area contributed by atoms with Crippen LogP contribution in [0, 0.1) is 5.92 Å². The number of benzene rings is 1. The van der Waals surface area contributed by atoms with Gasteiger partial charge in [-0.3, -0.25) is 0 Å². The van der Waals surface area contributed by atoms with Crippen LogP contribution in [0.15, 0.2) is 18.2 Å². The third-order valence-corrected chi connectivity index (χ3v) is 4.55. The maximum atomic E-state index is 6.07. The van der Waals surface area contributed by atoms with Gasteiger partial charge in [0.25, 0.3) is 0 Å². The Morgan fingerprint density at radius 3 is 2.63 bits per heavy atom. The molecule has 0 spiro atoms. The molecule has 0 amide bonds. The number of ether oxygens (including phenoxy) is 1. The highest BCUT2D eigenvalue weighted by atomic mass is 35.5. The highest BCUT2D eigenvalue weighted by Gasteiger charge is 2.13. The average molecular weight is 302 g/mol. The Labute approximate surface area is 126 Å². The van der Waals surface area contributed by atoms with Gasteiger partial charge in [0, 0.05) is 11.8 Å². The van der Waals surface area contributed by atoms with Crippen LogP contribution >= 0.6 is 23.4 Å². The van der Waals surface area contributed by atoms with Crippen molar-refractivity contribution in [1.82, 2.24) is 5.32 Å². The Bertz CT molecular complexity index is 384. The monoisotopic (exact) mass is 301 g/mol. The minimum Gasteiger partial charge on any atom is -0.495 e. The van der Waals surface area contributed by atoms with Crippen molar-refractivity contribution in [2.45, 2.75) is 26.8 Å². The Kier molecular flexibility index (Phi) is 7.66. The van der Waals surface area contributed by atoms with Gasteiger partial charge in [-0.1, -0.05) is 38.4 Å². The summed E-state index contributed by atoms with van der Waals surface area (Å²) in [7, 11) is 1.65. The second-order valence-corrected chi connectivity index (χ2v) is 6.42. The normalized spacial score (nSPS) is 12.7. The van der Waals surface area contributed by atoms with Crippen LogP contribution in [-0.4, -0.2) is 25.2 Å². The van der Waals surface area contributed by atoms with Crippen LogP contribution < -0.4 is 10.1 Å². The van der Waals surface area contributed by atoms with E-state index in [0.29, 0.717) is 11.1 Å². The fraction of sp³-hybridized carbons (Fsp3) is 0.600. The summed E-state index contributed by atoms with van der Waals surface area (Å²) >= 11 is 8.06. The first-order valence-corrected chi connectivity index (χ1v) is 8.26. The van der Waals surface area contributed by atoms with Crippen molar-refractivity contribution in [2.24, 2.45) is 5.92 Å². The first-order chi connectivity index (χ1) is 9.08. The SMILES string of the molecule is CCNC(CSCC(C)C)c1ccc(Cl)c(OC)c1. The van der Waals surface area contributed by atoms with Gasteiger partial charge >= 0.3 is 0 Å². The fourth-order valence-corrected chi connectivity index (χ4v) is 3.18. The summed E-state index contributed by atoms with van der Waals surface area (Å²) in [5.74, 6) is 3.73. The summed E-state index contributed by atoms with van der Waals surface area (Å²) in [6, 6.07) is 6.37. The van der Waals surface area contributed by atoms with Gasteiger partial charge in [0.2, 0.25) is 0 Å². The minimum absolute atomic E-state index is 0.347. The second kappa shape index (κ2) is 8.72. The van der Waals surface area contributed by atoms with Gasteiger partial charge in [-0.05, 0) is 35.9 Å². The van der Waals surface area contributed by atoms with Crippen molar-refractivity contribution in [1.29, 1.82) is 0 Å². The molecule has 19 heavy (non-hydrogen) atoms. The molecule has 1 aromatic rings. The zero-order valence-corrected chi connectivity index (χ0v) is 13.8. The number of thioether (sulfide) groups is 1. The van der Waals surface area contributed by atoms with E-state index in [4.69, 9.17) is 16.3 Å². The quantitative estimate of drug-likeness (QED) is 0.769. The van der Waals surface area contributed by atoms with Crippen LogP contribution in [0.2, 0.25) is 5.02 Å². The Morgan fingerprint density at radius 2 is 2.05 bits per heavy atom. The summed E-state index contributed by atoms with van der Waals surface area (Å²) in [6.45, 7) is 7.59. The lowest BCUT2D eigenvalue weighted by Crippen LogP contribution is -2.23. The minimum atomic E-state index is 0.347. The van der Waals surface area contributed by atoms with E-state index >= 15 is 0 Å². The molecule has 0 aliphatic heterocycles. The number of rotatable bonds is 8. The molecule has 0 aliphatic rings. The highest BCUT2D eigenvalue weighted by molar-refractivity contribution is 7.99. The molecule has 2 nitrogen and oxygen atoms in total. The lowest BCUT2D eigenvalue weighted by molar-refractivity contribution is 0.413. The molecule has 0 heterocycles. The van der Waals surface area contributed by atoms with E-state index in [9.17, 15) is 0 Å². The standard InChI is InChI=1S/C15H24ClNOS/c1-5-17-14(10-19-9-11(2)3)12-6-7-13(16)15(8-12)18-4/h6-8,11,14,17H,5,9-10H2,1-4H3. The first kappa shape index (κ1) is 16.7. The van der Waals surface area contributed by atoms with E-state index < -0.39 is 0 Å². The first-order valence-electron chi connectivity index (χ1n) is 6.73. The van der Waals surface area contributed by atoms with E-state index in [-0.39, 0.29) is 0 Å². The van der Waals surface area contributed by atoms with Crippen LogP contribution in [0.25, 0.3) is 0 Å². The van der Waals surface area contributed by atoms with Crippen LogP contribution in [0.4, 0.5) is 0 Å². The highest BCUT2D eigenvalue weighted by Crippen LogP contribution is 2.29. The number of nitrogens with one attached hydrogen (secondary N) is 1. The maximum absolute atomic E-state index is 6.07. The molecule has 108 valence electrons. The van der Waals surface area contributed by atoms with E-state index in [1.807, 2.05) is 23.9 Å². The van der Waals surface area contributed by atoms with Crippen LogP contribution in [0.3, 0.4) is 0 Å². The third kappa shape index (κ3) is 5.64. The molecule has 0 bridgehead atoms. The molecule has 1 rings (SSSR count). The second-order valence-electron chi connectivity index (χ2n) is 4.94. The van der Waals surface area contributed by atoms with E-state index in [0.717, 1.165) is 24.0 Å². The Balaban J connectivity index is 2.74. The van der Waals surface area contributed by atoms with Gasteiger partial charge in [0.15, 0.2) is 0 Å². The van der Waals surface area contributed by atoms with Crippen molar-refractivity contribution < 1.29 is 4.74 Å². The van der Waals surface area contributed by atoms with Crippen molar-refractivity contribution in [3.63, 3.8) is 0 Å². The fourth-order valence-electron chi connectivity index (χ4n) is 1.83. The van der Waals surface area contributed by atoms with Gasteiger partial charge in [-0.15, -0.1) is 0 Å². The lowest BCUT2D eigenvalue weighted by Gasteiger charge is -2.19. The summed E-state index contributed by atoms with van der Waals surface area (Å²) in [6.07, 6.45) is 0. The Morgan fingerprint density at radius 1 is 1.32 bits per heavy atom. The molecule has 0 saturated heterocycles. The summed E-state index contributed by atoms with van der Waals surface area (Å²) in [5.41, 5.74) is 1.24. The van der Waals surface area contributed by atoms with Crippen LogP contribution in [-0.2, 0) is 0 Å². The van der Waals surface area contributed by atoms with Crippen molar-refractivity contribution in [2.75, 3.05) is 25.2 Å². The average Bonchev–Trinajstić information content (AvgIpc) is 2.38. The molecule has 0 saturated carbocycles. The molecule has 1 aromatic carbocycles. The molecule has 4 heteroatoms. The summed E-state index contributed by atoms with van der Waals surface area (Å²) in [5, 5.41) is 4.19. The number of halogens is 1. The molecule has 1 N–H and O–H groups in total. The number of hydrogen-bond acceptors (Lipinski definition) is 3. The number of methoxy groups -OCH3 is 1. The van der Waals surface area contributed by atoms with Crippen molar-refractivity contribution in [3.05, 3.63) is 28.8 Å². The molecule has 0 fully saturated rings. The zero-order valence-electron chi connectivity index (χ0n) is 12.2. The van der Waals surface area contributed by atoms with Crippen LogP contribution in [0.5, 0.6) is 5.75 Å². The van der Waals surface area contributed by atoms with Gasteiger partial charge < -0.3 is 10.1 Å². The van der Waals surface area contributed by atoms with E-state index in [1.54, 1.807) is 7.11 Å². The topological polar surface area (TPSA) is 21.3 Å². The predicted molar refractivity (Wildman–Crippen MR) is 86.6 cm³/mol. The summed E-state index contributed by atoms with van der Waals surface area (Å²) < 4.78 is 5.29. The lowest BCUT2D eigenvalue weighted by atomic mass is 10.1. The number of hydrogen-bond donors (Lipinski definition) is 1. The molecule has 0 aromatic heterocycles. The molecule has 1 atom stereocenters.